The number of piperidine rings is 1. The van der Waals surface area contributed by atoms with E-state index in [-0.39, 0.29) is 17.4 Å². The molecule has 0 radical (unpaired) electrons. The normalized spacial score (nSPS) is 18.5. The number of nitrogens with one attached hydrogen (secondary N) is 2. The Morgan fingerprint density at radius 3 is 2.79 bits per heavy atom. The molecule has 0 spiro atoms. The monoisotopic (exact) mass is 403 g/mol. The predicted molar refractivity (Wildman–Crippen MR) is 118 cm³/mol. The number of carbonyl (C=O) groups is 1. The van der Waals surface area contributed by atoms with Gasteiger partial charge in [-0.1, -0.05) is 24.3 Å². The first-order chi connectivity index (χ1) is 13.8. The van der Waals surface area contributed by atoms with E-state index in [0.717, 1.165) is 50.5 Å². The second-order valence-electron chi connectivity index (χ2n) is 8.31. The van der Waals surface area contributed by atoms with Gasteiger partial charge in [0.2, 0.25) is 5.91 Å². The molecule has 7 heteroatoms. The Morgan fingerprint density at radius 2 is 2.10 bits per heavy atom. The third-order valence-corrected chi connectivity index (χ3v) is 5.30. The van der Waals surface area contributed by atoms with Gasteiger partial charge < -0.3 is 21.1 Å². The SMILES string of the molecule is CCNC(=NCc1cccc(CN2CCCC(C(N)=O)C2)c1)NCC(C)(C)OC. The summed E-state index contributed by atoms with van der Waals surface area (Å²) in [5.41, 5.74) is 7.64. The van der Waals surface area contributed by atoms with E-state index in [1.54, 1.807) is 7.11 Å². The lowest BCUT2D eigenvalue weighted by molar-refractivity contribution is -0.123. The van der Waals surface area contributed by atoms with Crippen LogP contribution in [0.4, 0.5) is 0 Å². The average molecular weight is 404 g/mol. The van der Waals surface area contributed by atoms with Crippen molar-refractivity contribution in [1.82, 2.24) is 15.5 Å². The van der Waals surface area contributed by atoms with Gasteiger partial charge in [-0.3, -0.25) is 9.69 Å². The number of aliphatic imine (C=N–C) groups is 1. The fourth-order valence-electron chi connectivity index (χ4n) is 3.40. The van der Waals surface area contributed by atoms with Gasteiger partial charge in [-0.05, 0) is 51.3 Å². The van der Waals surface area contributed by atoms with Crippen LogP contribution in [0.25, 0.3) is 0 Å². The number of nitrogens with two attached hydrogens (primary N) is 1. The maximum absolute atomic E-state index is 11.5. The molecule has 1 aromatic rings. The Kier molecular flexibility index (Phi) is 8.92. The van der Waals surface area contributed by atoms with E-state index >= 15 is 0 Å². The molecule has 1 aliphatic heterocycles. The highest BCUT2D eigenvalue weighted by Crippen LogP contribution is 2.19. The lowest BCUT2D eigenvalue weighted by atomic mass is 9.97. The van der Waals surface area contributed by atoms with Crippen molar-refractivity contribution in [3.63, 3.8) is 0 Å². The summed E-state index contributed by atoms with van der Waals surface area (Å²) in [4.78, 5) is 18.5. The minimum absolute atomic E-state index is 0.0263. The second kappa shape index (κ2) is 11.2. The van der Waals surface area contributed by atoms with Gasteiger partial charge >= 0.3 is 0 Å². The van der Waals surface area contributed by atoms with Crippen LogP contribution in [0.3, 0.4) is 0 Å². The summed E-state index contributed by atoms with van der Waals surface area (Å²) in [6.07, 6.45) is 1.92. The van der Waals surface area contributed by atoms with E-state index in [1.807, 2.05) is 13.8 Å². The Labute approximate surface area is 175 Å². The molecule has 1 aliphatic rings. The van der Waals surface area contributed by atoms with Gasteiger partial charge in [-0.2, -0.15) is 0 Å². The van der Waals surface area contributed by atoms with Crippen molar-refractivity contribution >= 4 is 11.9 Å². The summed E-state index contributed by atoms with van der Waals surface area (Å²) in [5.74, 6) is 0.572. The zero-order chi connectivity index (χ0) is 21.3. The van der Waals surface area contributed by atoms with Crippen LogP contribution in [0, 0.1) is 5.92 Å². The van der Waals surface area contributed by atoms with Crippen LogP contribution < -0.4 is 16.4 Å². The maximum atomic E-state index is 11.5. The van der Waals surface area contributed by atoms with Crippen LogP contribution in [-0.2, 0) is 22.6 Å². The molecule has 7 nitrogen and oxygen atoms in total. The molecular weight excluding hydrogens is 366 g/mol. The molecule has 1 atom stereocenters. The summed E-state index contributed by atoms with van der Waals surface area (Å²) in [6, 6.07) is 8.49. The van der Waals surface area contributed by atoms with Gasteiger partial charge in [-0.25, -0.2) is 4.99 Å². The summed E-state index contributed by atoms with van der Waals surface area (Å²) >= 11 is 0. The molecule has 1 unspecified atom stereocenters. The first kappa shape index (κ1) is 23.2. The van der Waals surface area contributed by atoms with Gasteiger partial charge in [0.15, 0.2) is 5.96 Å². The highest BCUT2D eigenvalue weighted by Gasteiger charge is 2.23. The molecule has 1 heterocycles. The topological polar surface area (TPSA) is 92.0 Å². The maximum Gasteiger partial charge on any atom is 0.221 e. The van der Waals surface area contributed by atoms with Crippen LogP contribution >= 0.6 is 0 Å². The van der Waals surface area contributed by atoms with E-state index in [0.29, 0.717) is 13.1 Å². The summed E-state index contributed by atoms with van der Waals surface area (Å²) in [7, 11) is 1.71. The molecular formula is C22H37N5O2. The number of nitrogens with zero attached hydrogens (tertiary/aromatic N) is 2. The summed E-state index contributed by atoms with van der Waals surface area (Å²) < 4.78 is 5.46. The van der Waals surface area contributed by atoms with E-state index in [1.165, 1.54) is 5.56 Å². The number of ether oxygens (including phenoxy) is 1. The molecule has 0 aliphatic carbocycles. The number of hydrogen-bond acceptors (Lipinski definition) is 4. The lowest BCUT2D eigenvalue weighted by Gasteiger charge is -2.31. The van der Waals surface area contributed by atoms with Crippen LogP contribution in [0.5, 0.6) is 0 Å². The molecule has 1 fully saturated rings. The predicted octanol–water partition coefficient (Wildman–Crippen LogP) is 1.86. The van der Waals surface area contributed by atoms with Crippen molar-refractivity contribution in [3.8, 4) is 0 Å². The average Bonchev–Trinajstić information content (AvgIpc) is 2.70. The molecule has 0 bridgehead atoms. The van der Waals surface area contributed by atoms with Gasteiger partial charge in [0.25, 0.3) is 0 Å². The van der Waals surface area contributed by atoms with E-state index < -0.39 is 0 Å². The number of rotatable bonds is 9. The van der Waals surface area contributed by atoms with E-state index in [4.69, 9.17) is 15.5 Å². The van der Waals surface area contributed by atoms with Gasteiger partial charge in [-0.15, -0.1) is 0 Å². The quantitative estimate of drug-likeness (QED) is 0.432. The fraction of sp³-hybridized carbons (Fsp3) is 0.636. The highest BCUT2D eigenvalue weighted by molar-refractivity contribution is 5.79. The van der Waals surface area contributed by atoms with Crippen LogP contribution in [0.15, 0.2) is 29.3 Å². The molecule has 2 rings (SSSR count). The zero-order valence-electron chi connectivity index (χ0n) is 18.3. The van der Waals surface area contributed by atoms with Gasteiger partial charge in [0.1, 0.15) is 0 Å². The number of methoxy groups -OCH3 is 1. The first-order valence-corrected chi connectivity index (χ1v) is 10.5. The third kappa shape index (κ3) is 8.03. The Hall–Kier alpha value is -2.12. The fourth-order valence-corrected chi connectivity index (χ4v) is 3.40. The van der Waals surface area contributed by atoms with E-state index in [2.05, 4.69) is 46.7 Å². The third-order valence-electron chi connectivity index (χ3n) is 5.30. The number of benzene rings is 1. The molecule has 29 heavy (non-hydrogen) atoms. The smallest absolute Gasteiger partial charge is 0.221 e. The number of guanidine groups is 1. The molecule has 162 valence electrons. The van der Waals surface area contributed by atoms with Crippen molar-refractivity contribution in [2.45, 2.75) is 52.3 Å². The standard InChI is InChI=1S/C22H37N5O2/c1-5-24-21(26-16-22(2,3)29-4)25-13-17-8-6-9-18(12-17)14-27-11-7-10-19(15-27)20(23)28/h6,8-9,12,19H,5,7,10-11,13-16H2,1-4H3,(H2,23,28)(H2,24,25,26). The van der Waals surface area contributed by atoms with E-state index in [9.17, 15) is 4.79 Å². The largest absolute Gasteiger partial charge is 0.377 e. The summed E-state index contributed by atoms with van der Waals surface area (Å²) in [5, 5.41) is 6.62. The molecule has 4 N–H and O–H groups in total. The number of amides is 1. The minimum Gasteiger partial charge on any atom is -0.377 e. The Bertz CT molecular complexity index is 690. The van der Waals surface area contributed by atoms with Crippen molar-refractivity contribution in [1.29, 1.82) is 0 Å². The molecule has 0 aromatic heterocycles. The summed E-state index contributed by atoms with van der Waals surface area (Å²) in [6.45, 7) is 10.8. The van der Waals surface area contributed by atoms with Crippen molar-refractivity contribution in [3.05, 3.63) is 35.4 Å². The molecule has 1 aromatic carbocycles. The molecule has 1 saturated heterocycles. The Morgan fingerprint density at radius 1 is 1.34 bits per heavy atom. The van der Waals surface area contributed by atoms with Crippen molar-refractivity contribution < 1.29 is 9.53 Å². The molecule has 0 saturated carbocycles. The van der Waals surface area contributed by atoms with Gasteiger partial charge in [0.05, 0.1) is 18.1 Å². The van der Waals surface area contributed by atoms with Crippen molar-refractivity contribution in [2.24, 2.45) is 16.6 Å². The zero-order valence-corrected chi connectivity index (χ0v) is 18.3. The number of hydrogen-bond donors (Lipinski definition) is 3. The first-order valence-electron chi connectivity index (χ1n) is 10.5. The Balaban J connectivity index is 1.96. The van der Waals surface area contributed by atoms with Crippen LogP contribution in [0.2, 0.25) is 0 Å². The van der Waals surface area contributed by atoms with Crippen molar-refractivity contribution in [2.75, 3.05) is 33.3 Å². The second-order valence-corrected chi connectivity index (χ2v) is 8.31. The number of carbonyl (C=O) groups excluding carboxylic acids is 1. The number of likely N-dealkylation sites (tertiary alicyclic amines) is 1. The highest BCUT2D eigenvalue weighted by atomic mass is 16.5. The van der Waals surface area contributed by atoms with Gasteiger partial charge in [0, 0.05) is 33.3 Å². The minimum atomic E-state index is -0.257. The van der Waals surface area contributed by atoms with Crippen LogP contribution in [0.1, 0.15) is 44.7 Å². The lowest BCUT2D eigenvalue weighted by Crippen LogP contribution is -2.45. The molecule has 1 amide bonds. The number of primary amides is 1. The van der Waals surface area contributed by atoms with Crippen LogP contribution in [-0.4, -0.2) is 55.7 Å².